The highest BCUT2D eigenvalue weighted by Crippen LogP contribution is 2.40. The molecule has 0 aromatic carbocycles. The number of carbonyl (C=O) groups excluding carboxylic acids is 1. The van der Waals surface area contributed by atoms with Crippen LogP contribution in [-0.2, 0) is 16.3 Å². The molecule has 4 rings (SSSR count). The molecule has 162 valence electrons. The van der Waals surface area contributed by atoms with Gasteiger partial charge in [-0.25, -0.2) is 4.68 Å². The summed E-state index contributed by atoms with van der Waals surface area (Å²) in [6.07, 6.45) is 9.22. The topological polar surface area (TPSA) is 60.2 Å². The van der Waals surface area contributed by atoms with Crippen molar-refractivity contribution in [2.45, 2.75) is 64.5 Å². The van der Waals surface area contributed by atoms with Gasteiger partial charge in [-0.15, -0.1) is 0 Å². The van der Waals surface area contributed by atoms with Crippen LogP contribution in [0.3, 0.4) is 0 Å². The quantitative estimate of drug-likeness (QED) is 0.449. The van der Waals surface area contributed by atoms with Gasteiger partial charge < -0.3 is 4.74 Å². The molecule has 1 unspecified atom stereocenters. The summed E-state index contributed by atoms with van der Waals surface area (Å²) < 4.78 is 7.85. The molecule has 1 saturated carbocycles. The van der Waals surface area contributed by atoms with Crippen molar-refractivity contribution in [2.24, 2.45) is 11.8 Å². The fourth-order valence-electron chi connectivity index (χ4n) is 4.32. The van der Waals surface area contributed by atoms with Crippen LogP contribution in [0.2, 0.25) is 25.7 Å². The monoisotopic (exact) mass is 426 g/mol. The molecule has 3 heterocycles. The van der Waals surface area contributed by atoms with E-state index in [4.69, 9.17) is 9.84 Å². The Labute approximate surface area is 180 Å². The zero-order valence-electron chi connectivity index (χ0n) is 18.5. The van der Waals surface area contributed by atoms with Crippen LogP contribution in [0.25, 0.3) is 11.3 Å². The van der Waals surface area contributed by atoms with Gasteiger partial charge in [0.15, 0.2) is 0 Å². The number of anilines is 1. The Kier molecular flexibility index (Phi) is 6.39. The molecule has 0 N–H and O–H groups in total. The van der Waals surface area contributed by atoms with Crippen molar-refractivity contribution in [1.29, 1.82) is 0 Å². The van der Waals surface area contributed by atoms with Crippen LogP contribution in [-0.4, -0.2) is 41.9 Å². The molecule has 2 fully saturated rings. The van der Waals surface area contributed by atoms with Gasteiger partial charge in [-0.1, -0.05) is 38.9 Å². The van der Waals surface area contributed by atoms with Crippen molar-refractivity contribution in [2.75, 3.05) is 18.1 Å². The molecule has 2 aliphatic rings. The van der Waals surface area contributed by atoms with Crippen LogP contribution in [0.4, 0.5) is 5.82 Å². The number of amides is 1. The van der Waals surface area contributed by atoms with Gasteiger partial charge in [-0.3, -0.25) is 14.7 Å². The van der Waals surface area contributed by atoms with E-state index in [1.54, 1.807) is 12.4 Å². The first-order chi connectivity index (χ1) is 14.4. The van der Waals surface area contributed by atoms with E-state index in [0.29, 0.717) is 19.1 Å². The molecular formula is C23H34N4O2Si. The third kappa shape index (κ3) is 5.00. The van der Waals surface area contributed by atoms with Crippen LogP contribution >= 0.6 is 0 Å². The van der Waals surface area contributed by atoms with Crippen molar-refractivity contribution in [3.8, 4) is 11.3 Å². The maximum Gasteiger partial charge on any atom is 0.228 e. The first-order valence-corrected chi connectivity index (χ1v) is 15.0. The summed E-state index contributed by atoms with van der Waals surface area (Å²) in [5.74, 6) is 2.40. The fraction of sp³-hybridized carbons (Fsp3) is 0.609. The van der Waals surface area contributed by atoms with Crippen LogP contribution in [0.5, 0.6) is 0 Å². The number of ether oxygens (including phenoxy) is 1. The highest BCUT2D eigenvalue weighted by molar-refractivity contribution is 6.76. The molecule has 30 heavy (non-hydrogen) atoms. The number of hydrogen-bond donors (Lipinski definition) is 0. The van der Waals surface area contributed by atoms with Crippen LogP contribution in [0.1, 0.15) is 32.1 Å². The van der Waals surface area contributed by atoms with Gasteiger partial charge in [0.1, 0.15) is 12.5 Å². The first-order valence-electron chi connectivity index (χ1n) is 11.3. The molecule has 0 spiro atoms. The summed E-state index contributed by atoms with van der Waals surface area (Å²) in [6.45, 7) is 8.93. The maximum atomic E-state index is 13.0. The van der Waals surface area contributed by atoms with E-state index in [1.807, 2.05) is 27.8 Å². The van der Waals surface area contributed by atoms with Gasteiger partial charge in [-0.2, -0.15) is 5.10 Å². The minimum absolute atomic E-state index is 0.225. The lowest BCUT2D eigenvalue weighted by molar-refractivity contribution is -0.121. The third-order valence-electron chi connectivity index (χ3n) is 6.50. The van der Waals surface area contributed by atoms with E-state index < -0.39 is 8.07 Å². The Bertz CT molecular complexity index is 858. The number of pyridine rings is 1. The zero-order chi connectivity index (χ0) is 21.1. The number of rotatable bonds is 8. The van der Waals surface area contributed by atoms with Gasteiger partial charge in [0, 0.05) is 51.7 Å². The Morgan fingerprint density at radius 2 is 1.90 bits per heavy atom. The predicted molar refractivity (Wildman–Crippen MR) is 122 cm³/mol. The van der Waals surface area contributed by atoms with Crippen LogP contribution < -0.4 is 4.90 Å². The van der Waals surface area contributed by atoms with E-state index in [0.717, 1.165) is 48.6 Å². The van der Waals surface area contributed by atoms with Gasteiger partial charge in [0.2, 0.25) is 5.91 Å². The molecule has 1 aliphatic carbocycles. The summed E-state index contributed by atoms with van der Waals surface area (Å²) in [5, 5.41) is 4.79. The summed E-state index contributed by atoms with van der Waals surface area (Å²) in [5.41, 5.74) is 1.86. The van der Waals surface area contributed by atoms with E-state index in [9.17, 15) is 4.79 Å². The number of hydrogen-bond acceptors (Lipinski definition) is 4. The SMILES string of the molecule is C[Si](C)(C)CCOCn1nc(-c2ccncc2)cc1N1CCC(C2CCC2)CC1=O. The lowest BCUT2D eigenvalue weighted by Gasteiger charge is -2.39. The second-order valence-electron chi connectivity index (χ2n) is 9.96. The second-order valence-corrected chi connectivity index (χ2v) is 15.6. The molecule has 1 aliphatic heterocycles. The summed E-state index contributed by atoms with van der Waals surface area (Å²) in [4.78, 5) is 19.1. The number of piperidine rings is 1. The minimum Gasteiger partial charge on any atom is -0.359 e. The zero-order valence-corrected chi connectivity index (χ0v) is 19.5. The highest BCUT2D eigenvalue weighted by Gasteiger charge is 2.35. The van der Waals surface area contributed by atoms with Crippen molar-refractivity contribution < 1.29 is 9.53 Å². The van der Waals surface area contributed by atoms with Crippen LogP contribution in [0.15, 0.2) is 30.6 Å². The number of aromatic nitrogens is 3. The average molecular weight is 427 g/mol. The lowest BCUT2D eigenvalue weighted by Crippen LogP contribution is -2.43. The molecule has 7 heteroatoms. The fourth-order valence-corrected chi connectivity index (χ4v) is 5.08. The van der Waals surface area contributed by atoms with E-state index >= 15 is 0 Å². The van der Waals surface area contributed by atoms with Crippen molar-refractivity contribution in [1.82, 2.24) is 14.8 Å². The molecule has 2 aromatic rings. The maximum absolute atomic E-state index is 13.0. The summed E-state index contributed by atoms with van der Waals surface area (Å²) >= 11 is 0. The molecule has 1 atom stereocenters. The summed E-state index contributed by atoms with van der Waals surface area (Å²) in [6, 6.07) is 7.05. The smallest absolute Gasteiger partial charge is 0.228 e. The Morgan fingerprint density at radius 3 is 2.53 bits per heavy atom. The molecule has 1 amide bonds. The van der Waals surface area contributed by atoms with Crippen molar-refractivity contribution >= 4 is 19.8 Å². The van der Waals surface area contributed by atoms with Gasteiger partial charge in [0.25, 0.3) is 0 Å². The van der Waals surface area contributed by atoms with E-state index in [2.05, 4.69) is 24.6 Å². The largest absolute Gasteiger partial charge is 0.359 e. The molecule has 6 nitrogen and oxygen atoms in total. The predicted octanol–water partition coefficient (Wildman–Crippen LogP) is 4.80. The molecule has 2 aromatic heterocycles. The average Bonchev–Trinajstić information content (AvgIpc) is 3.08. The molecular weight excluding hydrogens is 392 g/mol. The highest BCUT2D eigenvalue weighted by atomic mass is 28.3. The van der Waals surface area contributed by atoms with Gasteiger partial charge >= 0.3 is 0 Å². The van der Waals surface area contributed by atoms with Crippen molar-refractivity contribution in [3.05, 3.63) is 30.6 Å². The Balaban J connectivity index is 1.51. The van der Waals surface area contributed by atoms with Gasteiger partial charge in [0.05, 0.1) is 5.69 Å². The second kappa shape index (κ2) is 9.02. The molecule has 1 saturated heterocycles. The minimum atomic E-state index is -1.14. The molecule has 0 radical (unpaired) electrons. The summed E-state index contributed by atoms with van der Waals surface area (Å²) in [7, 11) is -1.14. The third-order valence-corrected chi connectivity index (χ3v) is 8.20. The first kappa shape index (κ1) is 21.2. The normalized spacial score (nSPS) is 20.4. The Morgan fingerprint density at radius 1 is 1.13 bits per heavy atom. The Hall–Kier alpha value is -1.99. The van der Waals surface area contributed by atoms with E-state index in [1.165, 1.54) is 19.3 Å². The van der Waals surface area contributed by atoms with Crippen LogP contribution in [0, 0.1) is 11.8 Å². The van der Waals surface area contributed by atoms with Crippen molar-refractivity contribution in [3.63, 3.8) is 0 Å². The molecule has 0 bridgehead atoms. The number of carbonyl (C=O) groups is 1. The van der Waals surface area contributed by atoms with E-state index in [-0.39, 0.29) is 5.91 Å². The standard InChI is InChI=1S/C23H34N4O2Si/c1-30(2,3)14-13-29-17-27-22(16-21(25-27)19-7-10-24-11-8-19)26-12-9-20(15-23(26)28)18-5-4-6-18/h7-8,10-11,16,18,20H,4-6,9,12-15,17H2,1-3H3. The lowest BCUT2D eigenvalue weighted by atomic mass is 9.72. The van der Waals surface area contributed by atoms with Gasteiger partial charge in [-0.05, 0) is 36.4 Å². The number of nitrogens with zero attached hydrogens (tertiary/aromatic N) is 4.